The van der Waals surface area contributed by atoms with Gasteiger partial charge in [-0.25, -0.2) is 4.67 Å². The van der Waals surface area contributed by atoms with Crippen molar-refractivity contribution in [1.29, 1.82) is 0 Å². The van der Waals surface area contributed by atoms with Crippen molar-refractivity contribution >= 4 is 24.9 Å². The minimum atomic E-state index is -2.71. The van der Waals surface area contributed by atoms with Crippen LogP contribution >= 0.6 is 19.3 Å². The van der Waals surface area contributed by atoms with Crippen LogP contribution in [-0.2, 0) is 9.05 Å². The predicted octanol–water partition coefficient (Wildman–Crippen LogP) is 7.18. The summed E-state index contributed by atoms with van der Waals surface area (Å²) >= 11 is 6.10. The minimum absolute atomic E-state index is 0.234. The highest BCUT2D eigenvalue weighted by Gasteiger charge is 2.34. The molecular formula is C19H32ClN2O2P. The van der Waals surface area contributed by atoms with Gasteiger partial charge in [-0.2, -0.15) is 4.74 Å². The molecule has 1 unspecified atom stereocenters. The van der Waals surface area contributed by atoms with Gasteiger partial charge in [0.15, 0.2) is 0 Å². The lowest BCUT2D eigenvalue weighted by Gasteiger charge is -2.36. The Bertz CT molecular complexity index is 593. The Kier molecular flexibility index (Phi) is 9.23. The van der Waals surface area contributed by atoms with E-state index in [-0.39, 0.29) is 5.41 Å². The third-order valence-corrected chi connectivity index (χ3v) is 6.52. The second kappa shape index (κ2) is 10.4. The Hall–Kier alpha value is -0.800. The van der Waals surface area contributed by atoms with Crippen molar-refractivity contribution in [3.05, 3.63) is 41.6 Å². The fourth-order valence-corrected chi connectivity index (χ4v) is 5.29. The lowest BCUT2D eigenvalue weighted by atomic mass is 9.95. The second-order valence-corrected chi connectivity index (χ2v) is 9.12. The fourth-order valence-electron chi connectivity index (χ4n) is 2.16. The lowest BCUT2D eigenvalue weighted by Crippen LogP contribution is -2.25. The zero-order valence-electron chi connectivity index (χ0n) is 16.3. The van der Waals surface area contributed by atoms with Gasteiger partial charge in [-0.05, 0) is 18.6 Å². The van der Waals surface area contributed by atoms with E-state index in [1.165, 1.54) is 5.54 Å². The van der Waals surface area contributed by atoms with Crippen molar-refractivity contribution in [1.82, 2.24) is 4.67 Å². The highest BCUT2D eigenvalue weighted by atomic mass is 35.5. The second-order valence-electron chi connectivity index (χ2n) is 6.71. The average molecular weight is 387 g/mol. The molecule has 0 saturated heterocycles. The van der Waals surface area contributed by atoms with Gasteiger partial charge in [0.2, 0.25) is 0 Å². The molecule has 25 heavy (non-hydrogen) atoms. The monoisotopic (exact) mass is 386 g/mol. The summed E-state index contributed by atoms with van der Waals surface area (Å²) in [4.78, 5) is 0. The van der Waals surface area contributed by atoms with E-state index in [0.29, 0.717) is 12.4 Å². The molecule has 0 aliphatic heterocycles. The van der Waals surface area contributed by atoms with E-state index < -0.39 is 7.66 Å². The molecule has 0 bridgehead atoms. The summed E-state index contributed by atoms with van der Waals surface area (Å²) in [5.74, 6) is 0.685. The van der Waals surface area contributed by atoms with E-state index >= 15 is 0 Å². The highest BCUT2D eigenvalue weighted by Crippen LogP contribution is 2.60. The van der Waals surface area contributed by atoms with E-state index in [0.717, 1.165) is 25.2 Å². The Morgan fingerprint density at radius 3 is 2.20 bits per heavy atom. The van der Waals surface area contributed by atoms with Crippen molar-refractivity contribution in [3.63, 3.8) is 0 Å². The maximum atomic E-state index is 6.48. The molecule has 142 valence electrons. The van der Waals surface area contributed by atoms with Gasteiger partial charge in [-0.3, -0.25) is 0 Å². The molecule has 0 aliphatic rings. The maximum absolute atomic E-state index is 6.48. The summed E-state index contributed by atoms with van der Waals surface area (Å²) in [6.45, 7) is 14.6. The van der Waals surface area contributed by atoms with Gasteiger partial charge in [0.1, 0.15) is 5.76 Å². The summed E-state index contributed by atoms with van der Waals surface area (Å²) in [6, 6.07) is 9.86. The molecule has 0 radical (unpaired) electrons. The quantitative estimate of drug-likeness (QED) is 0.333. The van der Waals surface area contributed by atoms with Gasteiger partial charge < -0.3 is 9.05 Å². The number of allylic oxidation sites excluding steroid dienone is 1. The number of halogens is 1. The van der Waals surface area contributed by atoms with E-state index in [1.54, 1.807) is 0 Å². The summed E-state index contributed by atoms with van der Waals surface area (Å²) in [5, 5.41) is 0. The zero-order valence-corrected chi connectivity index (χ0v) is 18.0. The van der Waals surface area contributed by atoms with Crippen LogP contribution in [0.4, 0.5) is 5.69 Å². The van der Waals surface area contributed by atoms with Crippen LogP contribution in [0.2, 0.25) is 0 Å². The number of hydrogen-bond acceptors (Lipinski definition) is 3. The first kappa shape index (κ1) is 22.2. The molecule has 4 nitrogen and oxygen atoms in total. The van der Waals surface area contributed by atoms with E-state index in [4.69, 9.17) is 25.4 Å². The molecule has 6 heteroatoms. The predicted molar refractivity (Wildman–Crippen MR) is 109 cm³/mol. The summed E-state index contributed by atoms with van der Waals surface area (Å²) < 4.78 is 19.9. The van der Waals surface area contributed by atoms with Gasteiger partial charge in [-0.1, -0.05) is 71.3 Å². The molecule has 1 aromatic rings. The molecule has 0 saturated carbocycles. The van der Waals surface area contributed by atoms with Crippen LogP contribution in [0.1, 0.15) is 48.0 Å². The number of rotatable bonds is 9. The first-order valence-corrected chi connectivity index (χ1v) is 10.9. The van der Waals surface area contributed by atoms with Crippen molar-refractivity contribution in [2.75, 3.05) is 19.7 Å². The first-order valence-electron chi connectivity index (χ1n) is 8.90. The van der Waals surface area contributed by atoms with E-state index in [2.05, 4.69) is 46.2 Å². The summed E-state index contributed by atoms with van der Waals surface area (Å²) in [6.07, 6.45) is 0.895. The number of benzene rings is 1. The molecule has 0 amide bonds. The fraction of sp³-hybridized carbons (Fsp3) is 0.579. The average Bonchev–Trinajstić information content (AvgIpc) is 2.58. The largest absolute Gasteiger partial charge is 0.430 e. The van der Waals surface area contributed by atoms with Crippen molar-refractivity contribution in [2.24, 2.45) is 10.2 Å². The molecule has 0 aromatic heterocycles. The van der Waals surface area contributed by atoms with Crippen LogP contribution in [0.5, 0.6) is 0 Å². The van der Waals surface area contributed by atoms with Crippen LogP contribution in [0.3, 0.4) is 0 Å². The number of nitrogens with zero attached hydrogens (tertiary/aromatic N) is 2. The molecule has 1 rings (SSSR count). The Labute approximate surface area is 158 Å². The molecule has 0 aliphatic carbocycles. The molecule has 0 fully saturated rings. The maximum Gasteiger partial charge on any atom is 0.348 e. The summed E-state index contributed by atoms with van der Waals surface area (Å²) in [5.41, 5.74) is 2.12. The molecular weight excluding hydrogens is 355 g/mol. The lowest BCUT2D eigenvalue weighted by molar-refractivity contribution is 0.200. The molecule has 0 spiro atoms. The third kappa shape index (κ3) is 6.45. The van der Waals surface area contributed by atoms with Gasteiger partial charge in [0, 0.05) is 24.0 Å². The SMILES string of the molecule is CCCOP(=Nc1ccccc1)(OC(=CCl)C(C)(C)C)N(CC)CC. The van der Waals surface area contributed by atoms with Crippen LogP contribution in [0.15, 0.2) is 46.4 Å². The minimum Gasteiger partial charge on any atom is -0.430 e. The molecule has 0 heterocycles. The Balaban J connectivity index is 3.51. The molecule has 0 N–H and O–H groups in total. The van der Waals surface area contributed by atoms with Crippen LogP contribution < -0.4 is 0 Å². The van der Waals surface area contributed by atoms with Gasteiger partial charge in [0.05, 0.1) is 12.3 Å². The summed E-state index contributed by atoms with van der Waals surface area (Å²) in [7, 11) is -2.71. The normalized spacial score (nSPS) is 15.1. The Morgan fingerprint density at radius 1 is 1.16 bits per heavy atom. The van der Waals surface area contributed by atoms with Crippen LogP contribution in [-0.4, -0.2) is 24.4 Å². The van der Waals surface area contributed by atoms with E-state index in [9.17, 15) is 0 Å². The third-order valence-electron chi connectivity index (χ3n) is 3.60. The van der Waals surface area contributed by atoms with Gasteiger partial charge in [0.25, 0.3) is 0 Å². The topological polar surface area (TPSA) is 34.1 Å². The highest BCUT2D eigenvalue weighted by molar-refractivity contribution is 7.54. The van der Waals surface area contributed by atoms with Crippen molar-refractivity contribution in [2.45, 2.75) is 48.0 Å². The standard InChI is InChI=1S/C19H32ClN2O2P/c1-7-15-23-25(22(8-2)9-3,21-17-13-11-10-12-14-17)24-18(16-20)19(4,5)6/h10-14,16H,7-9,15H2,1-6H3. The van der Waals surface area contributed by atoms with Crippen LogP contribution in [0, 0.1) is 5.41 Å². The smallest absolute Gasteiger partial charge is 0.348 e. The van der Waals surface area contributed by atoms with E-state index in [1.807, 2.05) is 30.3 Å². The molecule has 1 atom stereocenters. The number of hydrogen-bond donors (Lipinski definition) is 0. The van der Waals surface area contributed by atoms with Crippen molar-refractivity contribution in [3.8, 4) is 0 Å². The van der Waals surface area contributed by atoms with Crippen molar-refractivity contribution < 1.29 is 9.05 Å². The zero-order chi connectivity index (χ0) is 18.9. The van der Waals surface area contributed by atoms with Crippen LogP contribution in [0.25, 0.3) is 0 Å². The van der Waals surface area contributed by atoms with Gasteiger partial charge in [-0.15, -0.1) is 0 Å². The molecule has 1 aromatic carbocycles. The van der Waals surface area contributed by atoms with Gasteiger partial charge >= 0.3 is 7.66 Å². The first-order chi connectivity index (χ1) is 11.8. The Morgan fingerprint density at radius 2 is 1.76 bits per heavy atom.